The van der Waals surface area contributed by atoms with Crippen LogP contribution in [-0.2, 0) is 24.3 Å². The van der Waals surface area contributed by atoms with Gasteiger partial charge in [-0.15, -0.1) is 10.2 Å². The fourth-order valence-electron chi connectivity index (χ4n) is 3.24. The molecule has 2 heterocycles. The van der Waals surface area contributed by atoms with Crippen LogP contribution in [0.5, 0.6) is 0 Å². The van der Waals surface area contributed by atoms with E-state index in [-0.39, 0.29) is 17.5 Å². The highest BCUT2D eigenvalue weighted by Gasteiger charge is 2.17. The van der Waals surface area contributed by atoms with Gasteiger partial charge in [-0.05, 0) is 47.4 Å². The first-order chi connectivity index (χ1) is 14.2. The highest BCUT2D eigenvalue weighted by atomic mass is 32.2. The number of benzene rings is 2. The Morgan fingerprint density at radius 3 is 2.59 bits per heavy atom. The number of rotatable bonds is 6. The molecular formula is C22H21FN4OS. The van der Waals surface area contributed by atoms with E-state index in [1.807, 2.05) is 12.1 Å². The number of halogens is 1. The van der Waals surface area contributed by atoms with Crippen LogP contribution >= 0.6 is 11.8 Å². The van der Waals surface area contributed by atoms with Crippen LogP contribution in [0.15, 0.2) is 65.7 Å². The van der Waals surface area contributed by atoms with Crippen molar-refractivity contribution in [1.82, 2.24) is 15.5 Å². The number of amides is 1. The lowest BCUT2D eigenvalue weighted by molar-refractivity contribution is -0.118. The highest BCUT2D eigenvalue weighted by molar-refractivity contribution is 7.99. The first-order valence-electron chi connectivity index (χ1n) is 9.47. The van der Waals surface area contributed by atoms with Gasteiger partial charge in [-0.25, -0.2) is 4.39 Å². The van der Waals surface area contributed by atoms with Crippen LogP contribution in [0, 0.1) is 5.82 Å². The van der Waals surface area contributed by atoms with Crippen LogP contribution in [0.25, 0.3) is 0 Å². The van der Waals surface area contributed by atoms with Crippen LogP contribution in [0.2, 0.25) is 0 Å². The van der Waals surface area contributed by atoms with Gasteiger partial charge in [0.2, 0.25) is 5.91 Å². The smallest absolute Gasteiger partial charge is 0.230 e. The van der Waals surface area contributed by atoms with Crippen molar-refractivity contribution in [3.05, 3.63) is 83.2 Å². The number of thioether (sulfide) groups is 1. The predicted octanol–water partition coefficient (Wildman–Crippen LogP) is 3.59. The Hall–Kier alpha value is -2.93. The molecule has 0 fully saturated rings. The van der Waals surface area contributed by atoms with Crippen molar-refractivity contribution < 1.29 is 9.18 Å². The molecule has 2 aromatic carbocycles. The number of hydrogen-bond donors (Lipinski definition) is 1. The second-order valence-corrected chi connectivity index (χ2v) is 7.86. The molecule has 0 saturated heterocycles. The number of anilines is 1. The predicted molar refractivity (Wildman–Crippen MR) is 112 cm³/mol. The maximum atomic E-state index is 12.9. The van der Waals surface area contributed by atoms with Gasteiger partial charge in [0.25, 0.3) is 0 Å². The maximum Gasteiger partial charge on any atom is 0.230 e. The first-order valence-corrected chi connectivity index (χ1v) is 10.5. The van der Waals surface area contributed by atoms with Crippen molar-refractivity contribution in [1.29, 1.82) is 0 Å². The summed E-state index contributed by atoms with van der Waals surface area (Å²) in [6.45, 7) is 2.13. The molecule has 1 amide bonds. The van der Waals surface area contributed by atoms with Gasteiger partial charge >= 0.3 is 0 Å². The molecule has 0 radical (unpaired) electrons. The van der Waals surface area contributed by atoms with E-state index in [2.05, 4.69) is 44.7 Å². The Kier molecular flexibility index (Phi) is 6.05. The van der Waals surface area contributed by atoms with Crippen molar-refractivity contribution in [2.45, 2.75) is 24.5 Å². The fraction of sp³-hybridized carbons (Fsp3) is 0.227. The fourth-order valence-corrected chi connectivity index (χ4v) is 3.89. The zero-order valence-electron chi connectivity index (χ0n) is 15.8. The van der Waals surface area contributed by atoms with E-state index < -0.39 is 0 Å². The summed E-state index contributed by atoms with van der Waals surface area (Å²) >= 11 is 1.35. The molecule has 0 bridgehead atoms. The lowest BCUT2D eigenvalue weighted by Crippen LogP contribution is -2.31. The molecule has 4 rings (SSSR count). The van der Waals surface area contributed by atoms with Crippen LogP contribution in [0.1, 0.15) is 16.7 Å². The van der Waals surface area contributed by atoms with Gasteiger partial charge in [0.15, 0.2) is 5.82 Å². The molecule has 0 aliphatic carbocycles. The Bertz CT molecular complexity index is 979. The highest BCUT2D eigenvalue weighted by Crippen LogP contribution is 2.23. The van der Waals surface area contributed by atoms with Gasteiger partial charge < -0.3 is 10.2 Å². The van der Waals surface area contributed by atoms with Crippen molar-refractivity contribution in [2.75, 3.05) is 17.2 Å². The topological polar surface area (TPSA) is 58.1 Å². The monoisotopic (exact) mass is 408 g/mol. The summed E-state index contributed by atoms with van der Waals surface area (Å²) < 4.78 is 12.9. The Morgan fingerprint density at radius 1 is 1.03 bits per heavy atom. The molecule has 3 aromatic rings. The van der Waals surface area contributed by atoms with Crippen molar-refractivity contribution in [3.8, 4) is 0 Å². The molecule has 5 nitrogen and oxygen atoms in total. The SMILES string of the molecule is O=C(CSc1ccc(N2CCc3ccccc3C2)nn1)NCc1ccc(F)cc1. The number of carbonyl (C=O) groups excluding carboxylic acids is 1. The average Bonchev–Trinajstić information content (AvgIpc) is 2.77. The zero-order chi connectivity index (χ0) is 20.1. The molecular weight excluding hydrogens is 387 g/mol. The number of aromatic nitrogens is 2. The number of hydrogen-bond acceptors (Lipinski definition) is 5. The number of nitrogens with zero attached hydrogens (tertiary/aromatic N) is 3. The minimum atomic E-state index is -0.286. The molecule has 0 spiro atoms. The Labute approximate surface area is 173 Å². The second kappa shape index (κ2) is 9.05. The van der Waals surface area contributed by atoms with Gasteiger partial charge in [-0.2, -0.15) is 0 Å². The summed E-state index contributed by atoms with van der Waals surface area (Å²) in [5.41, 5.74) is 3.59. The van der Waals surface area contributed by atoms with E-state index in [4.69, 9.17) is 0 Å². The quantitative estimate of drug-likeness (QED) is 0.632. The molecule has 1 aromatic heterocycles. The van der Waals surface area contributed by atoms with Crippen molar-refractivity contribution in [2.24, 2.45) is 0 Å². The van der Waals surface area contributed by atoms with E-state index in [1.165, 1.54) is 35.0 Å². The molecule has 148 valence electrons. The van der Waals surface area contributed by atoms with Gasteiger partial charge in [-0.1, -0.05) is 48.2 Å². The molecule has 1 N–H and O–H groups in total. The van der Waals surface area contributed by atoms with Crippen molar-refractivity contribution >= 4 is 23.5 Å². The van der Waals surface area contributed by atoms with Gasteiger partial charge in [0, 0.05) is 19.6 Å². The third-order valence-electron chi connectivity index (χ3n) is 4.83. The standard InChI is InChI=1S/C22H21FN4OS/c23-19-7-5-16(6-8-19)13-24-21(28)15-29-22-10-9-20(25-26-22)27-12-11-17-3-1-2-4-18(17)14-27/h1-10H,11-15H2,(H,24,28). The third kappa shape index (κ3) is 5.12. The van der Waals surface area contributed by atoms with E-state index in [0.29, 0.717) is 11.6 Å². The average molecular weight is 409 g/mol. The molecule has 0 unspecified atom stereocenters. The largest absolute Gasteiger partial charge is 0.351 e. The lowest BCUT2D eigenvalue weighted by Gasteiger charge is -2.29. The van der Waals surface area contributed by atoms with E-state index in [0.717, 1.165) is 30.9 Å². The van der Waals surface area contributed by atoms with E-state index in [1.54, 1.807) is 12.1 Å². The van der Waals surface area contributed by atoms with Crippen LogP contribution in [0.4, 0.5) is 10.2 Å². The number of fused-ring (bicyclic) bond motifs is 1. The summed E-state index contributed by atoms with van der Waals surface area (Å²) in [4.78, 5) is 14.2. The summed E-state index contributed by atoms with van der Waals surface area (Å²) in [6, 6.07) is 18.4. The first kappa shape index (κ1) is 19.4. The Balaban J connectivity index is 1.26. The summed E-state index contributed by atoms with van der Waals surface area (Å²) in [5, 5.41) is 12.1. The second-order valence-electron chi connectivity index (χ2n) is 6.86. The molecule has 1 aliphatic rings. The summed E-state index contributed by atoms with van der Waals surface area (Å²) in [7, 11) is 0. The Morgan fingerprint density at radius 2 is 1.83 bits per heavy atom. The molecule has 7 heteroatoms. The van der Waals surface area contributed by atoms with Crippen LogP contribution in [0.3, 0.4) is 0 Å². The minimum Gasteiger partial charge on any atom is -0.351 e. The van der Waals surface area contributed by atoms with Gasteiger partial charge in [0.05, 0.1) is 5.75 Å². The summed E-state index contributed by atoms with van der Waals surface area (Å²) in [5.74, 6) is 0.723. The van der Waals surface area contributed by atoms with Gasteiger partial charge in [0.1, 0.15) is 10.8 Å². The van der Waals surface area contributed by atoms with E-state index >= 15 is 0 Å². The minimum absolute atomic E-state index is 0.0992. The molecule has 1 aliphatic heterocycles. The zero-order valence-corrected chi connectivity index (χ0v) is 16.7. The van der Waals surface area contributed by atoms with Crippen molar-refractivity contribution in [3.63, 3.8) is 0 Å². The molecule has 0 atom stereocenters. The number of carbonyl (C=O) groups is 1. The normalized spacial score (nSPS) is 13.1. The summed E-state index contributed by atoms with van der Waals surface area (Å²) in [6.07, 6.45) is 1.00. The van der Waals surface area contributed by atoms with Gasteiger partial charge in [-0.3, -0.25) is 4.79 Å². The third-order valence-corrected chi connectivity index (χ3v) is 5.75. The van der Waals surface area contributed by atoms with Crippen LogP contribution in [-0.4, -0.2) is 28.4 Å². The molecule has 29 heavy (non-hydrogen) atoms. The molecule has 0 saturated carbocycles. The lowest BCUT2D eigenvalue weighted by atomic mass is 10.00. The maximum absolute atomic E-state index is 12.9. The van der Waals surface area contributed by atoms with Crippen LogP contribution < -0.4 is 10.2 Å². The van der Waals surface area contributed by atoms with E-state index in [9.17, 15) is 9.18 Å². The number of nitrogens with one attached hydrogen (secondary N) is 1.